The Hall–Kier alpha value is -2.94. The molecule has 1 N–H and O–H groups in total. The number of hydrogen-bond acceptors (Lipinski definition) is 5. The van der Waals surface area contributed by atoms with Crippen LogP contribution in [0.4, 0.5) is 18.9 Å². The number of pyridine rings is 1. The zero-order valence-corrected chi connectivity index (χ0v) is 14.0. The molecule has 0 fully saturated rings. The fraction of sp³-hybridized carbons (Fsp3) is 0.118. The maximum atomic E-state index is 12.4. The van der Waals surface area contributed by atoms with E-state index in [0.717, 1.165) is 10.6 Å². The third-order valence-electron chi connectivity index (χ3n) is 3.21. The molecule has 1 aromatic carbocycles. The number of anilines is 1. The Bertz CT molecular complexity index is 881. The summed E-state index contributed by atoms with van der Waals surface area (Å²) in [5.41, 5.74) is 1.30. The lowest BCUT2D eigenvalue weighted by Crippen LogP contribution is -2.21. The molecule has 5 nitrogen and oxygen atoms in total. The first-order valence-electron chi connectivity index (χ1n) is 7.38. The van der Waals surface area contributed by atoms with E-state index in [9.17, 15) is 18.0 Å². The molecule has 3 aromatic rings. The summed E-state index contributed by atoms with van der Waals surface area (Å²) in [6.07, 6.45) is -1.57. The number of carbonyl (C=O) groups is 1. The van der Waals surface area contributed by atoms with Gasteiger partial charge in [-0.1, -0.05) is 0 Å². The van der Waals surface area contributed by atoms with Crippen molar-refractivity contribution < 1.29 is 22.7 Å². The summed E-state index contributed by atoms with van der Waals surface area (Å²) in [5.74, 6) is -0.987. The molecule has 0 saturated carbocycles. The van der Waals surface area contributed by atoms with Crippen LogP contribution in [0.2, 0.25) is 0 Å². The van der Waals surface area contributed by atoms with Crippen molar-refractivity contribution in [2.45, 2.75) is 6.18 Å². The summed E-state index contributed by atoms with van der Waals surface area (Å²) in [6.45, 7) is -1.52. The Kier molecular flexibility index (Phi) is 5.17. The van der Waals surface area contributed by atoms with Gasteiger partial charge >= 0.3 is 6.18 Å². The Balaban J connectivity index is 1.72. The third kappa shape index (κ3) is 4.57. The summed E-state index contributed by atoms with van der Waals surface area (Å²) in [7, 11) is 0. The predicted molar refractivity (Wildman–Crippen MR) is 91.3 cm³/mol. The number of amides is 1. The number of alkyl halides is 3. The highest BCUT2D eigenvalue weighted by atomic mass is 32.1. The van der Waals surface area contributed by atoms with Crippen molar-refractivity contribution >= 4 is 22.9 Å². The maximum absolute atomic E-state index is 12.4. The van der Waals surface area contributed by atoms with Crippen LogP contribution in [-0.4, -0.2) is 28.7 Å². The zero-order chi connectivity index (χ0) is 18.6. The minimum Gasteiger partial charge on any atom is -0.467 e. The standard InChI is InChI=1S/C17H12F3N3O2S/c18-17(19,20)10-25-15-13(2-1-7-21-15)14(24)23-12-5-3-11(4-6-12)16-22-8-9-26-16/h1-9H,10H2,(H,23,24). The summed E-state index contributed by atoms with van der Waals surface area (Å²) in [4.78, 5) is 20.2. The van der Waals surface area contributed by atoms with Gasteiger partial charge in [0.2, 0.25) is 5.88 Å². The molecule has 134 valence electrons. The second kappa shape index (κ2) is 7.52. The molecule has 0 saturated heterocycles. The van der Waals surface area contributed by atoms with E-state index in [4.69, 9.17) is 0 Å². The molecule has 0 aliphatic rings. The van der Waals surface area contributed by atoms with Crippen molar-refractivity contribution in [3.05, 3.63) is 59.7 Å². The first-order valence-corrected chi connectivity index (χ1v) is 8.26. The molecule has 3 rings (SSSR count). The van der Waals surface area contributed by atoms with Gasteiger partial charge in [0.05, 0.1) is 0 Å². The Labute approximate surface area is 150 Å². The lowest BCUT2D eigenvalue weighted by atomic mass is 10.2. The van der Waals surface area contributed by atoms with Crippen LogP contribution < -0.4 is 10.1 Å². The number of nitrogens with one attached hydrogen (secondary N) is 1. The van der Waals surface area contributed by atoms with E-state index in [1.54, 1.807) is 30.5 Å². The number of halogens is 3. The molecule has 1 amide bonds. The van der Waals surface area contributed by atoms with Crippen molar-refractivity contribution in [2.24, 2.45) is 0 Å². The number of ether oxygens (including phenoxy) is 1. The molecule has 2 aromatic heterocycles. The number of hydrogen-bond donors (Lipinski definition) is 1. The van der Waals surface area contributed by atoms with Crippen LogP contribution in [0.5, 0.6) is 5.88 Å². The molecule has 2 heterocycles. The first-order chi connectivity index (χ1) is 12.4. The molecule has 9 heteroatoms. The normalized spacial score (nSPS) is 11.2. The average Bonchev–Trinajstić information content (AvgIpc) is 3.15. The Morgan fingerprint density at radius 3 is 2.54 bits per heavy atom. The molecule has 0 radical (unpaired) electrons. The maximum Gasteiger partial charge on any atom is 0.422 e. The van der Waals surface area contributed by atoms with E-state index in [0.29, 0.717) is 5.69 Å². The van der Waals surface area contributed by atoms with Gasteiger partial charge in [0.25, 0.3) is 5.91 Å². The fourth-order valence-corrected chi connectivity index (χ4v) is 2.73. The van der Waals surface area contributed by atoms with E-state index in [1.807, 2.05) is 5.38 Å². The van der Waals surface area contributed by atoms with Gasteiger partial charge in [-0.3, -0.25) is 4.79 Å². The zero-order valence-electron chi connectivity index (χ0n) is 13.2. The van der Waals surface area contributed by atoms with E-state index in [1.165, 1.54) is 29.7 Å². The molecular weight excluding hydrogens is 367 g/mol. The number of aromatic nitrogens is 2. The Morgan fingerprint density at radius 1 is 1.12 bits per heavy atom. The van der Waals surface area contributed by atoms with Crippen molar-refractivity contribution in [3.63, 3.8) is 0 Å². The van der Waals surface area contributed by atoms with Gasteiger partial charge in [0.1, 0.15) is 10.6 Å². The quantitative estimate of drug-likeness (QED) is 0.714. The minimum atomic E-state index is -4.52. The van der Waals surface area contributed by atoms with Crippen LogP contribution in [0.25, 0.3) is 10.6 Å². The second-order valence-corrected chi connectivity index (χ2v) is 6.02. The first kappa shape index (κ1) is 17.9. The molecule has 0 aliphatic heterocycles. The second-order valence-electron chi connectivity index (χ2n) is 5.13. The van der Waals surface area contributed by atoms with Gasteiger partial charge in [-0.2, -0.15) is 13.2 Å². The predicted octanol–water partition coefficient (Wildman–Crippen LogP) is 4.40. The highest BCUT2D eigenvalue weighted by Crippen LogP contribution is 2.24. The monoisotopic (exact) mass is 379 g/mol. The van der Waals surface area contributed by atoms with Gasteiger partial charge in [-0.05, 0) is 36.4 Å². The van der Waals surface area contributed by atoms with E-state index >= 15 is 0 Å². The number of carbonyl (C=O) groups excluding carboxylic acids is 1. The molecular formula is C17H12F3N3O2S. The minimum absolute atomic E-state index is 0.0826. The highest BCUT2D eigenvalue weighted by Gasteiger charge is 2.29. The summed E-state index contributed by atoms with van der Waals surface area (Å²) in [5, 5.41) is 5.31. The van der Waals surface area contributed by atoms with Crippen LogP contribution >= 0.6 is 11.3 Å². The number of thiazole rings is 1. The van der Waals surface area contributed by atoms with Crippen LogP contribution in [0.1, 0.15) is 10.4 Å². The lowest BCUT2D eigenvalue weighted by molar-refractivity contribution is -0.154. The van der Waals surface area contributed by atoms with Crippen LogP contribution in [0.15, 0.2) is 54.2 Å². The van der Waals surface area contributed by atoms with Crippen molar-refractivity contribution in [1.29, 1.82) is 0 Å². The molecule has 0 spiro atoms. The van der Waals surface area contributed by atoms with Crippen molar-refractivity contribution in [3.8, 4) is 16.5 Å². The molecule has 0 atom stereocenters. The molecule has 0 unspecified atom stereocenters. The van der Waals surface area contributed by atoms with E-state index < -0.39 is 18.7 Å². The average molecular weight is 379 g/mol. The largest absolute Gasteiger partial charge is 0.467 e. The van der Waals surface area contributed by atoms with E-state index in [2.05, 4.69) is 20.0 Å². The molecule has 0 bridgehead atoms. The van der Waals surface area contributed by atoms with Gasteiger partial charge in [0, 0.05) is 29.0 Å². The fourth-order valence-electron chi connectivity index (χ4n) is 2.09. The van der Waals surface area contributed by atoms with E-state index in [-0.39, 0.29) is 11.4 Å². The molecule has 26 heavy (non-hydrogen) atoms. The third-order valence-corrected chi connectivity index (χ3v) is 4.03. The van der Waals surface area contributed by atoms with Gasteiger partial charge < -0.3 is 10.1 Å². The number of benzene rings is 1. The Morgan fingerprint density at radius 2 is 1.88 bits per heavy atom. The number of rotatable bonds is 5. The number of nitrogens with zero attached hydrogens (tertiary/aromatic N) is 2. The summed E-state index contributed by atoms with van der Waals surface area (Å²) < 4.78 is 41.6. The molecule has 0 aliphatic carbocycles. The van der Waals surface area contributed by atoms with Crippen LogP contribution in [0.3, 0.4) is 0 Å². The highest BCUT2D eigenvalue weighted by molar-refractivity contribution is 7.13. The topological polar surface area (TPSA) is 64.1 Å². The van der Waals surface area contributed by atoms with Gasteiger partial charge in [0.15, 0.2) is 6.61 Å². The van der Waals surface area contributed by atoms with Crippen molar-refractivity contribution in [1.82, 2.24) is 9.97 Å². The lowest BCUT2D eigenvalue weighted by Gasteiger charge is -2.12. The van der Waals surface area contributed by atoms with Crippen LogP contribution in [0, 0.1) is 0 Å². The summed E-state index contributed by atoms with van der Waals surface area (Å²) in [6, 6.07) is 9.74. The van der Waals surface area contributed by atoms with Gasteiger partial charge in [-0.15, -0.1) is 11.3 Å². The van der Waals surface area contributed by atoms with Crippen LogP contribution in [-0.2, 0) is 0 Å². The SMILES string of the molecule is O=C(Nc1ccc(-c2nccs2)cc1)c1cccnc1OCC(F)(F)F. The smallest absolute Gasteiger partial charge is 0.422 e. The summed E-state index contributed by atoms with van der Waals surface area (Å²) >= 11 is 1.49. The van der Waals surface area contributed by atoms with Gasteiger partial charge in [-0.25, -0.2) is 9.97 Å². The van der Waals surface area contributed by atoms with Crippen molar-refractivity contribution in [2.75, 3.05) is 11.9 Å².